The van der Waals surface area contributed by atoms with Crippen molar-refractivity contribution in [1.29, 1.82) is 0 Å². The predicted molar refractivity (Wildman–Crippen MR) is 146 cm³/mol. The van der Waals surface area contributed by atoms with E-state index in [4.69, 9.17) is 9.40 Å². The summed E-state index contributed by atoms with van der Waals surface area (Å²) >= 11 is 1.77. The molecule has 3 heterocycles. The molecule has 6 rings (SSSR count). The summed E-state index contributed by atoms with van der Waals surface area (Å²) in [4.78, 5) is 7.42. The smallest absolute Gasteiger partial charge is 0.144 e. The third kappa shape index (κ3) is 3.35. The molecule has 0 saturated carbocycles. The summed E-state index contributed by atoms with van der Waals surface area (Å²) in [5, 5.41) is 3.45. The molecule has 2 nitrogen and oxygen atoms in total. The number of hydrogen-bond donors (Lipinski definition) is 0. The van der Waals surface area contributed by atoms with Crippen molar-refractivity contribution in [3.05, 3.63) is 89.5 Å². The summed E-state index contributed by atoms with van der Waals surface area (Å²) in [5.41, 5.74) is 9.29. The Morgan fingerprint density at radius 3 is 2.29 bits per heavy atom. The molecule has 0 fully saturated rings. The monoisotopic (exact) mass is 461 g/mol. The number of benzene rings is 3. The van der Waals surface area contributed by atoms with Crippen LogP contribution < -0.4 is 0 Å². The summed E-state index contributed by atoms with van der Waals surface area (Å²) in [5.74, 6) is 0. The average Bonchev–Trinajstić information content (AvgIpc) is 3.38. The van der Waals surface area contributed by atoms with Gasteiger partial charge in [0.15, 0.2) is 0 Å². The second kappa shape index (κ2) is 7.54. The lowest BCUT2D eigenvalue weighted by Gasteiger charge is -2.22. The highest BCUT2D eigenvalue weighted by Crippen LogP contribution is 2.40. The van der Waals surface area contributed by atoms with Gasteiger partial charge >= 0.3 is 0 Å². The molecule has 0 aliphatic rings. The normalized spacial score (nSPS) is 12.3. The van der Waals surface area contributed by atoms with E-state index in [9.17, 15) is 0 Å². The topological polar surface area (TPSA) is 26.0 Å². The van der Waals surface area contributed by atoms with E-state index in [0.717, 1.165) is 38.0 Å². The second-order valence-corrected chi connectivity index (χ2v) is 11.2. The van der Waals surface area contributed by atoms with Gasteiger partial charge < -0.3 is 4.42 Å². The van der Waals surface area contributed by atoms with E-state index in [0.29, 0.717) is 0 Å². The van der Waals surface area contributed by atoms with Crippen LogP contribution >= 0.6 is 11.3 Å². The lowest BCUT2D eigenvalue weighted by Crippen LogP contribution is -2.11. The SMILES string of the molecule is Cc1cc(C(C)(C)C)cc(C)c1-c1cc2ccc(-c3cccc4c3oc3ccccc34)nc2s1. The second-order valence-electron chi connectivity index (χ2n) is 10.2. The maximum absolute atomic E-state index is 6.26. The lowest BCUT2D eigenvalue weighted by atomic mass is 9.83. The number of para-hydroxylation sites is 2. The molecule has 34 heavy (non-hydrogen) atoms. The molecular formula is C31H27NOS. The highest BCUT2D eigenvalue weighted by atomic mass is 32.1. The van der Waals surface area contributed by atoms with Crippen molar-refractivity contribution < 1.29 is 4.42 Å². The molecule has 0 spiro atoms. The van der Waals surface area contributed by atoms with Gasteiger partial charge in [0, 0.05) is 26.6 Å². The van der Waals surface area contributed by atoms with Crippen LogP contribution in [0.3, 0.4) is 0 Å². The Bertz CT molecular complexity index is 1690. The van der Waals surface area contributed by atoms with Crippen molar-refractivity contribution in [3.8, 4) is 21.7 Å². The van der Waals surface area contributed by atoms with E-state index >= 15 is 0 Å². The number of rotatable bonds is 2. The van der Waals surface area contributed by atoms with E-state index in [1.807, 2.05) is 12.1 Å². The van der Waals surface area contributed by atoms with Crippen LogP contribution in [0.25, 0.3) is 53.9 Å². The molecule has 0 aliphatic heterocycles. The van der Waals surface area contributed by atoms with E-state index in [1.165, 1.54) is 32.5 Å². The first-order valence-corrected chi connectivity index (χ1v) is 12.5. The van der Waals surface area contributed by atoms with Crippen molar-refractivity contribution in [2.75, 3.05) is 0 Å². The first kappa shape index (κ1) is 21.1. The van der Waals surface area contributed by atoms with Crippen LogP contribution in [-0.2, 0) is 5.41 Å². The zero-order chi connectivity index (χ0) is 23.6. The number of aromatic nitrogens is 1. The van der Waals surface area contributed by atoms with Gasteiger partial charge in [-0.15, -0.1) is 11.3 Å². The van der Waals surface area contributed by atoms with Crippen LogP contribution in [0.1, 0.15) is 37.5 Å². The van der Waals surface area contributed by atoms with Gasteiger partial charge in [0.2, 0.25) is 0 Å². The molecule has 0 atom stereocenters. The molecule has 0 amide bonds. The molecule has 3 aromatic carbocycles. The minimum absolute atomic E-state index is 0.141. The highest BCUT2D eigenvalue weighted by molar-refractivity contribution is 7.21. The van der Waals surface area contributed by atoms with Crippen LogP contribution in [0.4, 0.5) is 0 Å². The third-order valence-electron chi connectivity index (χ3n) is 6.71. The minimum Gasteiger partial charge on any atom is -0.455 e. The molecule has 3 heteroatoms. The quantitative estimate of drug-likeness (QED) is 0.257. The summed E-state index contributed by atoms with van der Waals surface area (Å²) in [6.07, 6.45) is 0. The Labute approximate surface area is 203 Å². The van der Waals surface area contributed by atoms with E-state index in [-0.39, 0.29) is 5.41 Å². The molecule has 168 valence electrons. The summed E-state index contributed by atoms with van der Waals surface area (Å²) in [6, 6.07) is 25.8. The van der Waals surface area contributed by atoms with Crippen molar-refractivity contribution in [3.63, 3.8) is 0 Å². The van der Waals surface area contributed by atoms with E-state index in [2.05, 4.69) is 95.3 Å². The summed E-state index contributed by atoms with van der Waals surface area (Å²) in [6.45, 7) is 11.3. The number of hydrogen-bond acceptors (Lipinski definition) is 3. The fourth-order valence-corrected chi connectivity index (χ4v) is 6.13. The van der Waals surface area contributed by atoms with Crippen molar-refractivity contribution >= 4 is 43.5 Å². The van der Waals surface area contributed by atoms with E-state index < -0.39 is 0 Å². The molecule has 0 saturated heterocycles. The first-order chi connectivity index (χ1) is 16.3. The standard InChI is InChI=1S/C31H27NOS/c1-18-15-21(31(3,4)5)16-19(2)28(18)27-17-20-13-14-25(32-30(20)34-27)24-11-8-10-23-22-9-6-7-12-26(22)33-29(23)24/h6-17H,1-5H3. The van der Waals surface area contributed by atoms with Crippen molar-refractivity contribution in [1.82, 2.24) is 4.98 Å². The molecule has 0 aliphatic carbocycles. The maximum Gasteiger partial charge on any atom is 0.144 e. The largest absolute Gasteiger partial charge is 0.455 e. The molecule has 6 aromatic rings. The molecule has 0 radical (unpaired) electrons. The number of fused-ring (bicyclic) bond motifs is 4. The number of nitrogens with zero attached hydrogens (tertiary/aromatic N) is 1. The lowest BCUT2D eigenvalue weighted by molar-refractivity contribution is 0.589. The highest BCUT2D eigenvalue weighted by Gasteiger charge is 2.19. The number of pyridine rings is 1. The van der Waals surface area contributed by atoms with Gasteiger partial charge in [-0.05, 0) is 71.8 Å². The van der Waals surface area contributed by atoms with Gasteiger partial charge in [0.25, 0.3) is 0 Å². The number of aryl methyl sites for hydroxylation is 2. The number of thiophene rings is 1. The molecule has 0 unspecified atom stereocenters. The summed E-state index contributed by atoms with van der Waals surface area (Å²) < 4.78 is 6.26. The minimum atomic E-state index is 0.141. The Morgan fingerprint density at radius 2 is 1.53 bits per heavy atom. The zero-order valence-electron chi connectivity index (χ0n) is 20.2. The van der Waals surface area contributed by atoms with Crippen LogP contribution in [0.15, 0.2) is 77.2 Å². The van der Waals surface area contributed by atoms with Gasteiger partial charge in [-0.3, -0.25) is 0 Å². The van der Waals surface area contributed by atoms with Crippen LogP contribution in [0, 0.1) is 13.8 Å². The van der Waals surface area contributed by atoms with Gasteiger partial charge in [-0.25, -0.2) is 4.98 Å². The maximum atomic E-state index is 6.26. The molecule has 3 aromatic heterocycles. The fraction of sp³-hybridized carbons (Fsp3) is 0.194. The van der Waals surface area contributed by atoms with Crippen molar-refractivity contribution in [2.45, 2.75) is 40.0 Å². The fourth-order valence-electron chi connectivity index (χ4n) is 4.92. The molecule has 0 bridgehead atoms. The zero-order valence-corrected chi connectivity index (χ0v) is 21.0. The van der Waals surface area contributed by atoms with Gasteiger partial charge in [0.1, 0.15) is 16.0 Å². The predicted octanol–water partition coefficient (Wildman–Crippen LogP) is 9.44. The molecule has 0 N–H and O–H groups in total. The van der Waals surface area contributed by atoms with Crippen LogP contribution in [0.5, 0.6) is 0 Å². The van der Waals surface area contributed by atoms with Gasteiger partial charge in [-0.2, -0.15) is 0 Å². The van der Waals surface area contributed by atoms with Crippen LogP contribution in [-0.4, -0.2) is 4.98 Å². The average molecular weight is 462 g/mol. The van der Waals surface area contributed by atoms with Gasteiger partial charge in [-0.1, -0.05) is 63.2 Å². The third-order valence-corrected chi connectivity index (χ3v) is 7.77. The Morgan fingerprint density at radius 1 is 0.794 bits per heavy atom. The van der Waals surface area contributed by atoms with E-state index in [1.54, 1.807) is 11.3 Å². The van der Waals surface area contributed by atoms with Gasteiger partial charge in [0.05, 0.1) is 5.69 Å². The Balaban J connectivity index is 1.48. The number of furan rings is 1. The van der Waals surface area contributed by atoms with Crippen molar-refractivity contribution in [2.24, 2.45) is 0 Å². The molecular weight excluding hydrogens is 434 g/mol. The Kier molecular flexibility index (Phi) is 4.69. The van der Waals surface area contributed by atoms with Crippen LogP contribution in [0.2, 0.25) is 0 Å². The first-order valence-electron chi connectivity index (χ1n) is 11.7. The Hall–Kier alpha value is -3.43. The summed E-state index contributed by atoms with van der Waals surface area (Å²) in [7, 11) is 0.